The van der Waals surface area contributed by atoms with Crippen LogP contribution in [0.25, 0.3) is 0 Å². The topological polar surface area (TPSA) is 23.5 Å². The van der Waals surface area contributed by atoms with Crippen LogP contribution < -0.4 is 0 Å². The van der Waals surface area contributed by atoms with Crippen LogP contribution >= 0.6 is 11.6 Å². The summed E-state index contributed by atoms with van der Waals surface area (Å²) in [5.74, 6) is 0. The van der Waals surface area contributed by atoms with Gasteiger partial charge in [-0.3, -0.25) is 0 Å². The van der Waals surface area contributed by atoms with E-state index in [0.717, 1.165) is 37.5 Å². The molecule has 0 atom stereocenters. The summed E-state index contributed by atoms with van der Waals surface area (Å²) < 4.78 is 0. The Hall–Kier alpha value is -1.35. The van der Waals surface area contributed by atoms with Crippen LogP contribution in [0.15, 0.2) is 54.6 Å². The second-order valence-corrected chi connectivity index (χ2v) is 8.66. The summed E-state index contributed by atoms with van der Waals surface area (Å²) in [7, 11) is 0. The number of aliphatic hydroxyl groups excluding tert-OH is 1. The van der Waals surface area contributed by atoms with Crippen molar-refractivity contribution in [2.45, 2.75) is 42.9 Å². The van der Waals surface area contributed by atoms with Crippen LogP contribution in [-0.4, -0.2) is 36.2 Å². The first-order chi connectivity index (χ1) is 12.7. The number of likely N-dealkylation sites (tertiary alicyclic amines) is 1. The van der Waals surface area contributed by atoms with E-state index in [1.54, 1.807) is 0 Å². The molecule has 2 aromatic carbocycles. The quantitative estimate of drug-likeness (QED) is 0.819. The van der Waals surface area contributed by atoms with E-state index < -0.39 is 0 Å². The third-order valence-corrected chi connectivity index (χ3v) is 7.05. The zero-order valence-electron chi connectivity index (χ0n) is 15.3. The average molecular weight is 370 g/mol. The van der Waals surface area contributed by atoms with E-state index in [-0.39, 0.29) is 12.0 Å². The molecule has 1 aliphatic carbocycles. The fourth-order valence-corrected chi connectivity index (χ4v) is 4.97. The number of rotatable bonds is 5. The fraction of sp³-hybridized carbons (Fsp3) is 0.478. The van der Waals surface area contributed by atoms with Crippen molar-refractivity contribution in [2.24, 2.45) is 0 Å². The van der Waals surface area contributed by atoms with Crippen molar-refractivity contribution in [3.63, 3.8) is 0 Å². The van der Waals surface area contributed by atoms with Gasteiger partial charge in [0.1, 0.15) is 0 Å². The molecular formula is C23H28ClNO. The van der Waals surface area contributed by atoms with Gasteiger partial charge in [-0.15, -0.1) is 0 Å². The highest BCUT2D eigenvalue weighted by molar-refractivity contribution is 6.30. The lowest BCUT2D eigenvalue weighted by atomic mass is 9.63. The Balaban J connectivity index is 1.45. The summed E-state index contributed by atoms with van der Waals surface area (Å²) in [4.78, 5) is 2.62. The summed E-state index contributed by atoms with van der Waals surface area (Å²) in [5.41, 5.74) is 2.97. The van der Waals surface area contributed by atoms with Gasteiger partial charge < -0.3 is 10.0 Å². The average Bonchev–Trinajstić information content (AvgIpc) is 2.67. The molecule has 2 nitrogen and oxygen atoms in total. The van der Waals surface area contributed by atoms with Crippen molar-refractivity contribution in [3.05, 3.63) is 70.7 Å². The highest BCUT2D eigenvalue weighted by Gasteiger charge is 2.42. The van der Waals surface area contributed by atoms with Gasteiger partial charge in [0.05, 0.1) is 6.61 Å². The Morgan fingerprint density at radius 1 is 0.808 bits per heavy atom. The molecular weight excluding hydrogens is 342 g/mol. The maximum atomic E-state index is 10.1. The number of piperidine rings is 1. The van der Waals surface area contributed by atoms with Crippen molar-refractivity contribution < 1.29 is 5.11 Å². The standard InChI is InChI=1S/C23H28ClNO/c24-21-9-7-20(8-10-21)22(11-4-12-22)17-25-15-13-23(18-26,14-16-25)19-5-2-1-3-6-19/h1-3,5-10,26H,4,11-18H2. The normalized spacial score (nSPS) is 21.9. The third-order valence-electron chi connectivity index (χ3n) is 6.80. The van der Waals surface area contributed by atoms with Crippen LogP contribution in [0.4, 0.5) is 0 Å². The SMILES string of the molecule is OCC1(c2ccccc2)CCN(CC2(c3ccc(Cl)cc3)CCC2)CC1. The predicted octanol–water partition coefficient (Wildman–Crippen LogP) is 4.79. The number of aliphatic hydroxyl groups is 1. The maximum Gasteiger partial charge on any atom is 0.0528 e. The monoisotopic (exact) mass is 369 g/mol. The van der Waals surface area contributed by atoms with Crippen LogP contribution in [0.5, 0.6) is 0 Å². The summed E-state index contributed by atoms with van der Waals surface area (Å²) in [6, 6.07) is 19.1. The van der Waals surface area contributed by atoms with Crippen LogP contribution in [-0.2, 0) is 10.8 Å². The van der Waals surface area contributed by atoms with Gasteiger partial charge in [-0.05, 0) is 62.0 Å². The molecule has 0 spiro atoms. The molecule has 2 aliphatic rings. The first-order valence-electron chi connectivity index (χ1n) is 9.81. The third kappa shape index (κ3) is 3.31. The van der Waals surface area contributed by atoms with E-state index in [4.69, 9.17) is 11.6 Å². The van der Waals surface area contributed by atoms with Gasteiger partial charge in [0.15, 0.2) is 0 Å². The summed E-state index contributed by atoms with van der Waals surface area (Å²) in [5, 5.41) is 11.0. The fourth-order valence-electron chi connectivity index (χ4n) is 4.84. The van der Waals surface area contributed by atoms with Crippen molar-refractivity contribution in [1.29, 1.82) is 0 Å². The summed E-state index contributed by atoms with van der Waals surface area (Å²) in [6.45, 7) is 3.49. The lowest BCUT2D eigenvalue weighted by molar-refractivity contribution is 0.0685. The molecule has 2 aromatic rings. The highest BCUT2D eigenvalue weighted by atomic mass is 35.5. The minimum absolute atomic E-state index is 0.0647. The van der Waals surface area contributed by atoms with Gasteiger partial charge in [0.2, 0.25) is 0 Å². The molecule has 1 aliphatic heterocycles. The Morgan fingerprint density at radius 2 is 1.42 bits per heavy atom. The number of hydrogen-bond acceptors (Lipinski definition) is 2. The van der Waals surface area contributed by atoms with E-state index in [9.17, 15) is 5.11 Å². The molecule has 0 unspecified atom stereocenters. The molecule has 0 bridgehead atoms. The van der Waals surface area contributed by atoms with Gasteiger partial charge in [0, 0.05) is 22.4 Å². The van der Waals surface area contributed by atoms with Crippen molar-refractivity contribution in [1.82, 2.24) is 4.90 Å². The van der Waals surface area contributed by atoms with E-state index in [1.165, 1.54) is 30.4 Å². The van der Waals surface area contributed by atoms with E-state index >= 15 is 0 Å². The molecule has 0 amide bonds. The highest BCUT2D eigenvalue weighted by Crippen LogP contribution is 2.45. The molecule has 0 radical (unpaired) electrons. The first-order valence-corrected chi connectivity index (χ1v) is 10.2. The van der Waals surface area contributed by atoms with Gasteiger partial charge in [0.25, 0.3) is 0 Å². The van der Waals surface area contributed by atoms with Gasteiger partial charge in [-0.2, -0.15) is 0 Å². The van der Waals surface area contributed by atoms with E-state index in [2.05, 4.69) is 47.4 Å². The second-order valence-electron chi connectivity index (χ2n) is 8.22. The predicted molar refractivity (Wildman–Crippen MR) is 108 cm³/mol. The number of benzene rings is 2. The molecule has 1 saturated heterocycles. The van der Waals surface area contributed by atoms with Crippen LogP contribution in [0.1, 0.15) is 43.2 Å². The smallest absolute Gasteiger partial charge is 0.0528 e. The Morgan fingerprint density at radius 3 is 1.96 bits per heavy atom. The van der Waals surface area contributed by atoms with Crippen LogP contribution in [0.3, 0.4) is 0 Å². The number of hydrogen-bond donors (Lipinski definition) is 1. The van der Waals surface area contributed by atoms with Gasteiger partial charge in [-0.1, -0.05) is 60.5 Å². The van der Waals surface area contributed by atoms with Crippen LogP contribution in [0.2, 0.25) is 5.02 Å². The molecule has 1 N–H and O–H groups in total. The lowest BCUT2D eigenvalue weighted by Gasteiger charge is -2.49. The van der Waals surface area contributed by atoms with Crippen molar-refractivity contribution >= 4 is 11.6 Å². The number of nitrogens with zero attached hydrogens (tertiary/aromatic N) is 1. The Labute approximate surface area is 161 Å². The second kappa shape index (κ2) is 7.34. The first kappa shape index (κ1) is 18.0. The molecule has 2 fully saturated rings. The zero-order valence-corrected chi connectivity index (χ0v) is 16.1. The minimum atomic E-state index is -0.0647. The molecule has 1 saturated carbocycles. The number of halogens is 1. The zero-order chi connectivity index (χ0) is 18.0. The summed E-state index contributed by atoms with van der Waals surface area (Å²) >= 11 is 6.09. The Bertz CT molecular complexity index is 716. The van der Waals surface area contributed by atoms with Crippen molar-refractivity contribution in [3.8, 4) is 0 Å². The minimum Gasteiger partial charge on any atom is -0.395 e. The van der Waals surface area contributed by atoms with Gasteiger partial charge >= 0.3 is 0 Å². The molecule has 1 heterocycles. The molecule has 138 valence electrons. The van der Waals surface area contributed by atoms with E-state index in [1.807, 2.05) is 12.1 Å². The molecule has 3 heteroatoms. The largest absolute Gasteiger partial charge is 0.395 e. The lowest BCUT2D eigenvalue weighted by Crippen LogP contribution is -2.51. The van der Waals surface area contributed by atoms with Gasteiger partial charge in [-0.25, -0.2) is 0 Å². The van der Waals surface area contributed by atoms with Crippen molar-refractivity contribution in [2.75, 3.05) is 26.2 Å². The molecule has 26 heavy (non-hydrogen) atoms. The maximum absolute atomic E-state index is 10.1. The molecule has 4 rings (SSSR count). The van der Waals surface area contributed by atoms with E-state index in [0.29, 0.717) is 5.41 Å². The molecule has 0 aromatic heterocycles. The van der Waals surface area contributed by atoms with Crippen LogP contribution in [0, 0.1) is 0 Å². The Kier molecular flexibility index (Phi) is 5.09. The summed E-state index contributed by atoms with van der Waals surface area (Å²) in [6.07, 6.45) is 5.93.